The van der Waals surface area contributed by atoms with Gasteiger partial charge in [-0.15, -0.1) is 11.3 Å². The van der Waals surface area contributed by atoms with Crippen LogP contribution in [0.15, 0.2) is 6.20 Å². The molecule has 2 nitrogen and oxygen atoms in total. The second-order valence-electron chi connectivity index (χ2n) is 4.06. The standard InChI is InChI=1S/C11H17NOS/c1-2-10-12-8-9(14-10)11(13)6-4-3-5-7-11/h8,13H,2-7H2,1H3. The SMILES string of the molecule is CCc1ncc(C2(O)CCCCC2)s1. The maximum absolute atomic E-state index is 10.4. The first-order valence-electron chi connectivity index (χ1n) is 5.42. The molecule has 78 valence electrons. The van der Waals surface area contributed by atoms with E-state index >= 15 is 0 Å². The largest absolute Gasteiger partial charge is 0.384 e. The van der Waals surface area contributed by atoms with Crippen molar-refractivity contribution in [2.24, 2.45) is 0 Å². The maximum atomic E-state index is 10.4. The summed E-state index contributed by atoms with van der Waals surface area (Å²) in [7, 11) is 0. The molecule has 0 spiro atoms. The van der Waals surface area contributed by atoms with E-state index in [0.29, 0.717) is 0 Å². The van der Waals surface area contributed by atoms with Gasteiger partial charge in [0.05, 0.1) is 9.88 Å². The monoisotopic (exact) mass is 211 g/mol. The van der Waals surface area contributed by atoms with Crippen molar-refractivity contribution in [2.75, 3.05) is 0 Å². The lowest BCUT2D eigenvalue weighted by Gasteiger charge is -2.30. The Balaban J connectivity index is 2.19. The lowest BCUT2D eigenvalue weighted by atomic mass is 9.84. The molecule has 1 aliphatic carbocycles. The highest BCUT2D eigenvalue weighted by molar-refractivity contribution is 7.11. The molecule has 1 aromatic rings. The number of rotatable bonds is 2. The van der Waals surface area contributed by atoms with E-state index in [4.69, 9.17) is 0 Å². The molecule has 0 atom stereocenters. The van der Waals surface area contributed by atoms with Crippen LogP contribution in [0.5, 0.6) is 0 Å². The van der Waals surface area contributed by atoms with Gasteiger partial charge in [0.1, 0.15) is 5.60 Å². The Morgan fingerprint density at radius 3 is 2.71 bits per heavy atom. The molecule has 0 unspecified atom stereocenters. The summed E-state index contributed by atoms with van der Waals surface area (Å²) in [6, 6.07) is 0. The van der Waals surface area contributed by atoms with Gasteiger partial charge in [-0.05, 0) is 19.3 Å². The molecular weight excluding hydrogens is 194 g/mol. The lowest BCUT2D eigenvalue weighted by Crippen LogP contribution is -2.27. The van der Waals surface area contributed by atoms with Crippen molar-refractivity contribution >= 4 is 11.3 Å². The minimum atomic E-state index is -0.552. The number of hydrogen-bond donors (Lipinski definition) is 1. The Hall–Kier alpha value is -0.410. The van der Waals surface area contributed by atoms with Gasteiger partial charge in [0.15, 0.2) is 0 Å². The zero-order valence-corrected chi connectivity index (χ0v) is 9.44. The maximum Gasteiger partial charge on any atom is 0.100 e. The van der Waals surface area contributed by atoms with Crippen LogP contribution >= 0.6 is 11.3 Å². The minimum absolute atomic E-state index is 0.552. The van der Waals surface area contributed by atoms with Crippen LogP contribution in [0.2, 0.25) is 0 Å². The Morgan fingerprint density at radius 1 is 1.43 bits per heavy atom. The quantitative estimate of drug-likeness (QED) is 0.816. The summed E-state index contributed by atoms with van der Waals surface area (Å²) >= 11 is 1.68. The Morgan fingerprint density at radius 2 is 2.14 bits per heavy atom. The predicted molar refractivity (Wildman–Crippen MR) is 58.5 cm³/mol. The van der Waals surface area contributed by atoms with E-state index in [2.05, 4.69) is 11.9 Å². The highest BCUT2D eigenvalue weighted by atomic mass is 32.1. The molecule has 0 aliphatic heterocycles. The van der Waals surface area contributed by atoms with Gasteiger partial charge in [-0.1, -0.05) is 26.2 Å². The normalized spacial score (nSPS) is 21.0. The molecule has 0 amide bonds. The van der Waals surface area contributed by atoms with E-state index in [1.54, 1.807) is 11.3 Å². The Kier molecular flexibility index (Phi) is 2.88. The molecule has 1 saturated carbocycles. The molecule has 0 saturated heterocycles. The topological polar surface area (TPSA) is 33.1 Å². The van der Waals surface area contributed by atoms with Gasteiger partial charge in [0.25, 0.3) is 0 Å². The molecule has 3 heteroatoms. The first kappa shape index (κ1) is 10.1. The summed E-state index contributed by atoms with van der Waals surface area (Å²) in [6.45, 7) is 2.10. The molecule has 0 bridgehead atoms. The second kappa shape index (κ2) is 3.99. The summed E-state index contributed by atoms with van der Waals surface area (Å²) in [6.07, 6.45) is 8.24. The number of nitrogens with zero attached hydrogens (tertiary/aromatic N) is 1. The van der Waals surface area contributed by atoms with Crippen LogP contribution in [0.4, 0.5) is 0 Å². The molecule has 0 radical (unpaired) electrons. The van der Waals surface area contributed by atoms with Crippen LogP contribution in [0, 0.1) is 0 Å². The molecule has 2 rings (SSSR count). The fraction of sp³-hybridized carbons (Fsp3) is 0.727. The average molecular weight is 211 g/mol. The van der Waals surface area contributed by atoms with Crippen molar-refractivity contribution < 1.29 is 5.11 Å². The molecule has 1 aromatic heterocycles. The van der Waals surface area contributed by atoms with E-state index in [1.807, 2.05) is 6.20 Å². The highest BCUT2D eigenvalue weighted by Crippen LogP contribution is 2.39. The average Bonchev–Trinajstić information content (AvgIpc) is 2.67. The molecular formula is C11H17NOS. The summed E-state index contributed by atoms with van der Waals surface area (Å²) in [5, 5.41) is 11.6. The van der Waals surface area contributed by atoms with Crippen LogP contribution in [0.25, 0.3) is 0 Å². The number of thiazole rings is 1. The van der Waals surface area contributed by atoms with Crippen molar-refractivity contribution in [3.8, 4) is 0 Å². The molecule has 1 aliphatic rings. The fourth-order valence-electron chi connectivity index (χ4n) is 2.07. The molecule has 14 heavy (non-hydrogen) atoms. The Labute approximate surface area is 89.0 Å². The van der Waals surface area contributed by atoms with Crippen LogP contribution < -0.4 is 0 Å². The van der Waals surface area contributed by atoms with E-state index < -0.39 is 5.60 Å². The van der Waals surface area contributed by atoms with Crippen LogP contribution in [0.3, 0.4) is 0 Å². The summed E-state index contributed by atoms with van der Waals surface area (Å²) in [5.74, 6) is 0. The molecule has 0 aromatic carbocycles. The number of aliphatic hydroxyl groups is 1. The van der Waals surface area contributed by atoms with E-state index in [1.165, 1.54) is 6.42 Å². The smallest absolute Gasteiger partial charge is 0.100 e. The second-order valence-corrected chi connectivity index (χ2v) is 5.18. The summed E-state index contributed by atoms with van der Waals surface area (Å²) in [4.78, 5) is 5.39. The summed E-state index contributed by atoms with van der Waals surface area (Å²) < 4.78 is 0. The fourth-order valence-corrected chi connectivity index (χ4v) is 3.08. The zero-order chi connectivity index (χ0) is 10.0. The van der Waals surface area contributed by atoms with Crippen molar-refractivity contribution in [3.63, 3.8) is 0 Å². The number of aryl methyl sites for hydroxylation is 1. The van der Waals surface area contributed by atoms with Crippen molar-refractivity contribution in [3.05, 3.63) is 16.1 Å². The van der Waals surface area contributed by atoms with E-state index in [0.717, 1.165) is 42.0 Å². The minimum Gasteiger partial charge on any atom is -0.384 e. The van der Waals surface area contributed by atoms with Crippen LogP contribution in [-0.4, -0.2) is 10.1 Å². The van der Waals surface area contributed by atoms with Crippen molar-refractivity contribution in [2.45, 2.75) is 51.0 Å². The van der Waals surface area contributed by atoms with Gasteiger partial charge >= 0.3 is 0 Å². The third-order valence-electron chi connectivity index (χ3n) is 3.00. The number of aromatic nitrogens is 1. The number of hydrogen-bond acceptors (Lipinski definition) is 3. The Bertz CT molecular complexity index is 302. The van der Waals surface area contributed by atoms with Crippen LogP contribution in [0.1, 0.15) is 48.9 Å². The molecule has 1 heterocycles. The van der Waals surface area contributed by atoms with E-state index in [-0.39, 0.29) is 0 Å². The lowest BCUT2D eigenvalue weighted by molar-refractivity contribution is 0.00265. The first-order valence-corrected chi connectivity index (χ1v) is 6.24. The van der Waals surface area contributed by atoms with Gasteiger partial charge in [0, 0.05) is 6.20 Å². The van der Waals surface area contributed by atoms with Gasteiger partial charge in [0.2, 0.25) is 0 Å². The van der Waals surface area contributed by atoms with Gasteiger partial charge in [-0.25, -0.2) is 4.98 Å². The van der Waals surface area contributed by atoms with Crippen LogP contribution in [-0.2, 0) is 12.0 Å². The third kappa shape index (κ3) is 1.84. The molecule has 1 N–H and O–H groups in total. The van der Waals surface area contributed by atoms with Crippen molar-refractivity contribution in [1.82, 2.24) is 4.98 Å². The third-order valence-corrected chi connectivity index (χ3v) is 4.33. The zero-order valence-electron chi connectivity index (χ0n) is 8.62. The van der Waals surface area contributed by atoms with Crippen molar-refractivity contribution in [1.29, 1.82) is 0 Å². The van der Waals surface area contributed by atoms with E-state index in [9.17, 15) is 5.11 Å². The molecule has 1 fully saturated rings. The van der Waals surface area contributed by atoms with Gasteiger partial charge < -0.3 is 5.11 Å². The first-order chi connectivity index (χ1) is 6.74. The highest BCUT2D eigenvalue weighted by Gasteiger charge is 2.32. The van der Waals surface area contributed by atoms with Gasteiger partial charge in [-0.2, -0.15) is 0 Å². The predicted octanol–water partition coefficient (Wildman–Crippen LogP) is 2.86. The summed E-state index contributed by atoms with van der Waals surface area (Å²) in [5.41, 5.74) is -0.552. The van der Waals surface area contributed by atoms with Gasteiger partial charge in [-0.3, -0.25) is 0 Å².